The number of carbonyl (C=O) groups is 2. The normalized spacial score (nSPS) is 9.79. The standard InChI is InChI=1S/C11H16ClN5O2/c1-2-14-9-5-7(8(12)6-17-9)10(18)15-3-4-16-11(13)19/h5-6H,2-4H2,1H3,(H,14,17)(H,15,18)(H3,13,16,19). The number of urea groups is 1. The van der Waals surface area contributed by atoms with Gasteiger partial charge < -0.3 is 21.7 Å². The fraction of sp³-hybridized carbons (Fsp3) is 0.364. The van der Waals surface area contributed by atoms with Crippen molar-refractivity contribution in [2.45, 2.75) is 6.92 Å². The first-order chi connectivity index (χ1) is 9.04. The van der Waals surface area contributed by atoms with Crippen LogP contribution in [0.25, 0.3) is 0 Å². The second kappa shape index (κ2) is 7.42. The fourth-order valence-electron chi connectivity index (χ4n) is 1.35. The number of rotatable bonds is 6. The number of nitrogens with one attached hydrogen (secondary N) is 3. The maximum absolute atomic E-state index is 11.9. The summed E-state index contributed by atoms with van der Waals surface area (Å²) in [5.41, 5.74) is 5.22. The van der Waals surface area contributed by atoms with Gasteiger partial charge in [0, 0.05) is 25.8 Å². The SMILES string of the molecule is CCNc1cc(C(=O)NCCNC(N)=O)c(Cl)cn1. The number of hydrogen-bond donors (Lipinski definition) is 4. The third-order valence-electron chi connectivity index (χ3n) is 2.17. The molecule has 0 radical (unpaired) electrons. The van der Waals surface area contributed by atoms with Crippen LogP contribution in [0.1, 0.15) is 17.3 Å². The molecular weight excluding hydrogens is 270 g/mol. The van der Waals surface area contributed by atoms with E-state index in [0.717, 1.165) is 0 Å². The van der Waals surface area contributed by atoms with Crippen molar-refractivity contribution < 1.29 is 9.59 Å². The maximum atomic E-state index is 11.9. The number of amides is 3. The highest BCUT2D eigenvalue weighted by molar-refractivity contribution is 6.33. The summed E-state index contributed by atoms with van der Waals surface area (Å²) in [7, 11) is 0. The highest BCUT2D eigenvalue weighted by atomic mass is 35.5. The first-order valence-electron chi connectivity index (χ1n) is 5.75. The maximum Gasteiger partial charge on any atom is 0.312 e. The van der Waals surface area contributed by atoms with Crippen LogP contribution in [0.4, 0.5) is 10.6 Å². The van der Waals surface area contributed by atoms with Gasteiger partial charge in [0.25, 0.3) is 5.91 Å². The average molecular weight is 286 g/mol. The number of nitrogens with two attached hydrogens (primary N) is 1. The van der Waals surface area contributed by atoms with Gasteiger partial charge in [-0.1, -0.05) is 11.6 Å². The van der Waals surface area contributed by atoms with Crippen molar-refractivity contribution in [1.29, 1.82) is 0 Å². The summed E-state index contributed by atoms with van der Waals surface area (Å²) >= 11 is 5.91. The Hall–Kier alpha value is -2.02. The summed E-state index contributed by atoms with van der Waals surface area (Å²) in [4.78, 5) is 26.4. The first kappa shape index (κ1) is 15.0. The molecule has 0 bridgehead atoms. The van der Waals surface area contributed by atoms with E-state index in [1.807, 2.05) is 6.92 Å². The second-order valence-electron chi connectivity index (χ2n) is 3.63. The third kappa shape index (κ3) is 5.01. The van der Waals surface area contributed by atoms with Gasteiger partial charge in [-0.3, -0.25) is 4.79 Å². The second-order valence-corrected chi connectivity index (χ2v) is 4.03. The van der Waals surface area contributed by atoms with E-state index in [0.29, 0.717) is 17.9 Å². The van der Waals surface area contributed by atoms with Crippen LogP contribution in [0.15, 0.2) is 12.3 Å². The molecule has 3 amide bonds. The number of hydrogen-bond acceptors (Lipinski definition) is 4. The molecule has 0 aromatic carbocycles. The van der Waals surface area contributed by atoms with Crippen LogP contribution < -0.4 is 21.7 Å². The molecule has 19 heavy (non-hydrogen) atoms. The predicted octanol–water partition coefficient (Wildman–Crippen LogP) is 0.565. The molecule has 7 nitrogen and oxygen atoms in total. The van der Waals surface area contributed by atoms with E-state index in [1.54, 1.807) is 6.07 Å². The quantitative estimate of drug-likeness (QED) is 0.573. The molecule has 5 N–H and O–H groups in total. The van der Waals surface area contributed by atoms with Crippen LogP contribution in [-0.2, 0) is 0 Å². The smallest absolute Gasteiger partial charge is 0.312 e. The van der Waals surface area contributed by atoms with Crippen LogP contribution in [0.5, 0.6) is 0 Å². The van der Waals surface area contributed by atoms with Gasteiger partial charge in [0.1, 0.15) is 5.82 Å². The van der Waals surface area contributed by atoms with Crippen molar-refractivity contribution in [2.75, 3.05) is 25.0 Å². The Kier molecular flexibility index (Phi) is 5.87. The van der Waals surface area contributed by atoms with Gasteiger partial charge in [-0.25, -0.2) is 9.78 Å². The van der Waals surface area contributed by atoms with Crippen molar-refractivity contribution in [3.05, 3.63) is 22.8 Å². The molecule has 0 saturated carbocycles. The molecule has 104 valence electrons. The highest BCUT2D eigenvalue weighted by Crippen LogP contribution is 2.17. The molecule has 1 aromatic heterocycles. The molecule has 0 aliphatic rings. The number of anilines is 1. The largest absolute Gasteiger partial charge is 0.370 e. The Labute approximate surface area is 115 Å². The molecule has 0 fully saturated rings. The lowest BCUT2D eigenvalue weighted by atomic mass is 10.2. The van der Waals surface area contributed by atoms with E-state index in [2.05, 4.69) is 20.9 Å². The topological polar surface area (TPSA) is 109 Å². The third-order valence-corrected chi connectivity index (χ3v) is 2.47. The van der Waals surface area contributed by atoms with E-state index in [4.69, 9.17) is 17.3 Å². The average Bonchev–Trinajstić information content (AvgIpc) is 2.36. The highest BCUT2D eigenvalue weighted by Gasteiger charge is 2.11. The van der Waals surface area contributed by atoms with E-state index in [-0.39, 0.29) is 24.0 Å². The predicted molar refractivity (Wildman–Crippen MR) is 73.3 cm³/mol. The molecule has 8 heteroatoms. The molecule has 0 aliphatic carbocycles. The molecule has 1 aromatic rings. The Morgan fingerprint density at radius 2 is 2.05 bits per heavy atom. The first-order valence-corrected chi connectivity index (χ1v) is 6.13. The van der Waals surface area contributed by atoms with Crippen molar-refractivity contribution in [1.82, 2.24) is 15.6 Å². The summed E-state index contributed by atoms with van der Waals surface area (Å²) in [5, 5.41) is 8.24. The minimum Gasteiger partial charge on any atom is -0.370 e. The summed E-state index contributed by atoms with van der Waals surface area (Å²) in [5.74, 6) is 0.241. The van der Waals surface area contributed by atoms with Gasteiger partial charge in [-0.05, 0) is 13.0 Å². The van der Waals surface area contributed by atoms with Gasteiger partial charge in [0.15, 0.2) is 0 Å². The van der Waals surface area contributed by atoms with Gasteiger partial charge in [-0.2, -0.15) is 0 Å². The van der Waals surface area contributed by atoms with Gasteiger partial charge in [0.05, 0.1) is 10.6 Å². The zero-order chi connectivity index (χ0) is 14.3. The van der Waals surface area contributed by atoms with E-state index in [9.17, 15) is 9.59 Å². The minimum atomic E-state index is -0.634. The van der Waals surface area contributed by atoms with Crippen LogP contribution >= 0.6 is 11.6 Å². The molecule has 1 heterocycles. The fourth-order valence-corrected chi connectivity index (χ4v) is 1.54. The van der Waals surface area contributed by atoms with Crippen molar-refractivity contribution >= 4 is 29.4 Å². The Morgan fingerprint density at radius 3 is 2.68 bits per heavy atom. The van der Waals surface area contributed by atoms with Gasteiger partial charge in [-0.15, -0.1) is 0 Å². The molecule has 0 unspecified atom stereocenters. The summed E-state index contributed by atoms with van der Waals surface area (Å²) in [6.45, 7) is 3.13. The van der Waals surface area contributed by atoms with Gasteiger partial charge >= 0.3 is 6.03 Å². The number of halogens is 1. The van der Waals surface area contributed by atoms with E-state index in [1.165, 1.54) is 6.20 Å². The Balaban J connectivity index is 2.60. The number of nitrogens with zero attached hydrogens (tertiary/aromatic N) is 1. The number of primary amides is 1. The number of carbonyl (C=O) groups excluding carboxylic acids is 2. The van der Waals surface area contributed by atoms with Crippen molar-refractivity contribution in [3.63, 3.8) is 0 Å². The summed E-state index contributed by atoms with van der Waals surface area (Å²) in [6.07, 6.45) is 1.41. The zero-order valence-electron chi connectivity index (χ0n) is 10.5. The van der Waals surface area contributed by atoms with E-state index < -0.39 is 6.03 Å². The van der Waals surface area contributed by atoms with Crippen LogP contribution in [0.2, 0.25) is 5.02 Å². The molecule has 0 spiro atoms. The zero-order valence-corrected chi connectivity index (χ0v) is 11.3. The van der Waals surface area contributed by atoms with Crippen molar-refractivity contribution in [3.8, 4) is 0 Å². The summed E-state index contributed by atoms with van der Waals surface area (Å²) < 4.78 is 0. The van der Waals surface area contributed by atoms with Gasteiger partial charge in [0.2, 0.25) is 0 Å². The lowest BCUT2D eigenvalue weighted by molar-refractivity contribution is 0.0954. The number of pyridine rings is 1. The summed E-state index contributed by atoms with van der Waals surface area (Å²) in [6, 6.07) is 0.938. The van der Waals surface area contributed by atoms with Crippen LogP contribution in [0.3, 0.4) is 0 Å². The molecular formula is C11H16ClN5O2. The number of aromatic nitrogens is 1. The van der Waals surface area contributed by atoms with Crippen molar-refractivity contribution in [2.24, 2.45) is 5.73 Å². The Bertz CT molecular complexity index is 466. The minimum absolute atomic E-state index is 0.254. The van der Waals surface area contributed by atoms with Crippen LogP contribution in [-0.4, -0.2) is 36.6 Å². The molecule has 0 saturated heterocycles. The lowest BCUT2D eigenvalue weighted by Gasteiger charge is -2.09. The molecule has 1 rings (SSSR count). The lowest BCUT2D eigenvalue weighted by Crippen LogP contribution is -2.37. The van der Waals surface area contributed by atoms with E-state index >= 15 is 0 Å². The Morgan fingerprint density at radius 1 is 1.37 bits per heavy atom. The molecule has 0 atom stereocenters. The molecule has 0 aliphatic heterocycles. The van der Waals surface area contributed by atoms with Crippen LogP contribution in [0, 0.1) is 0 Å². The monoisotopic (exact) mass is 285 g/mol.